The van der Waals surface area contributed by atoms with Crippen LogP contribution in [-0.4, -0.2) is 10.2 Å². The molecule has 1 aromatic rings. The Bertz CT molecular complexity index is 292. The average Bonchev–Trinajstić information content (AvgIpc) is 2.27. The minimum absolute atomic E-state index is 0.243. The maximum absolute atomic E-state index is 10.4. The number of rotatable bonds is 5. The number of unbranched alkanes of at least 4 members (excludes halogenated alkanes) is 1. The number of hydrogen-bond donors (Lipinski definition) is 2. The molecule has 0 saturated heterocycles. The van der Waals surface area contributed by atoms with Crippen molar-refractivity contribution in [3.8, 4) is 5.75 Å². The molecule has 84 valence electrons. The Balaban J connectivity index is 2.85. The molecule has 1 rings (SSSR count). The van der Waals surface area contributed by atoms with Crippen LogP contribution in [0.5, 0.6) is 5.75 Å². The molecule has 1 unspecified atom stereocenters. The van der Waals surface area contributed by atoms with E-state index in [4.69, 9.17) is 0 Å². The molecule has 0 amide bonds. The Labute approximate surface area is 91.6 Å². The second-order valence-corrected chi connectivity index (χ2v) is 4.04. The van der Waals surface area contributed by atoms with Crippen LogP contribution in [0.15, 0.2) is 24.3 Å². The van der Waals surface area contributed by atoms with Crippen LogP contribution < -0.4 is 0 Å². The molecule has 0 heterocycles. The fourth-order valence-electron chi connectivity index (χ4n) is 1.77. The second kappa shape index (κ2) is 5.17. The van der Waals surface area contributed by atoms with Gasteiger partial charge in [-0.1, -0.05) is 38.8 Å². The van der Waals surface area contributed by atoms with Crippen LogP contribution in [0.3, 0.4) is 0 Å². The lowest BCUT2D eigenvalue weighted by atomic mass is 9.86. The summed E-state index contributed by atoms with van der Waals surface area (Å²) in [6, 6.07) is 6.85. The predicted octanol–water partition coefficient (Wildman–Crippen LogP) is 3.18. The molecule has 15 heavy (non-hydrogen) atoms. The van der Waals surface area contributed by atoms with Crippen molar-refractivity contribution in [2.24, 2.45) is 0 Å². The van der Waals surface area contributed by atoms with Gasteiger partial charge in [0.05, 0.1) is 5.60 Å². The highest BCUT2D eigenvalue weighted by Gasteiger charge is 2.25. The Hall–Kier alpha value is -1.02. The fraction of sp³-hybridized carbons (Fsp3) is 0.538. The van der Waals surface area contributed by atoms with E-state index in [0.717, 1.165) is 24.8 Å². The van der Waals surface area contributed by atoms with Gasteiger partial charge >= 0.3 is 0 Å². The molecule has 0 saturated carbocycles. The van der Waals surface area contributed by atoms with Crippen molar-refractivity contribution in [1.82, 2.24) is 0 Å². The van der Waals surface area contributed by atoms with Gasteiger partial charge in [-0.05, 0) is 30.5 Å². The van der Waals surface area contributed by atoms with Crippen LogP contribution in [0.25, 0.3) is 0 Å². The largest absolute Gasteiger partial charge is 0.508 e. The molecule has 0 spiro atoms. The first-order valence-electron chi connectivity index (χ1n) is 5.64. The molecule has 2 heteroatoms. The summed E-state index contributed by atoms with van der Waals surface area (Å²) in [6.07, 6.45) is 3.59. The van der Waals surface area contributed by atoms with Crippen molar-refractivity contribution in [2.45, 2.75) is 45.1 Å². The second-order valence-electron chi connectivity index (χ2n) is 4.04. The summed E-state index contributed by atoms with van der Waals surface area (Å²) in [5.41, 5.74) is 0.167. The first-order chi connectivity index (χ1) is 7.12. The normalized spacial score (nSPS) is 14.9. The molecule has 0 radical (unpaired) electrons. The van der Waals surface area contributed by atoms with E-state index in [-0.39, 0.29) is 5.75 Å². The highest BCUT2D eigenvalue weighted by Crippen LogP contribution is 2.31. The Morgan fingerprint density at radius 2 is 1.73 bits per heavy atom. The van der Waals surface area contributed by atoms with Crippen molar-refractivity contribution < 1.29 is 10.2 Å². The molecule has 2 N–H and O–H groups in total. The SMILES string of the molecule is CCCCC(O)(CC)c1ccc(O)cc1. The molecular weight excluding hydrogens is 188 g/mol. The lowest BCUT2D eigenvalue weighted by Crippen LogP contribution is -2.24. The van der Waals surface area contributed by atoms with Crippen LogP contribution in [0.1, 0.15) is 45.1 Å². The van der Waals surface area contributed by atoms with E-state index < -0.39 is 5.60 Å². The number of benzene rings is 1. The molecule has 0 bridgehead atoms. The summed E-state index contributed by atoms with van der Waals surface area (Å²) >= 11 is 0. The van der Waals surface area contributed by atoms with Gasteiger partial charge in [0.2, 0.25) is 0 Å². The minimum atomic E-state index is -0.732. The third-order valence-electron chi connectivity index (χ3n) is 2.93. The van der Waals surface area contributed by atoms with E-state index in [9.17, 15) is 10.2 Å². The van der Waals surface area contributed by atoms with Crippen molar-refractivity contribution in [3.63, 3.8) is 0 Å². The number of hydrogen-bond acceptors (Lipinski definition) is 2. The predicted molar refractivity (Wildman–Crippen MR) is 61.8 cm³/mol. The van der Waals surface area contributed by atoms with E-state index in [0.29, 0.717) is 6.42 Å². The summed E-state index contributed by atoms with van der Waals surface area (Å²) in [5.74, 6) is 0.243. The van der Waals surface area contributed by atoms with E-state index in [2.05, 4.69) is 6.92 Å². The van der Waals surface area contributed by atoms with E-state index in [1.54, 1.807) is 24.3 Å². The lowest BCUT2D eigenvalue weighted by Gasteiger charge is -2.27. The third-order valence-corrected chi connectivity index (χ3v) is 2.93. The van der Waals surface area contributed by atoms with Gasteiger partial charge in [-0.15, -0.1) is 0 Å². The van der Waals surface area contributed by atoms with Gasteiger partial charge in [-0.3, -0.25) is 0 Å². The van der Waals surface area contributed by atoms with Gasteiger partial charge in [-0.25, -0.2) is 0 Å². The zero-order valence-electron chi connectivity index (χ0n) is 9.53. The first kappa shape index (κ1) is 12.1. The molecule has 0 aliphatic heterocycles. The van der Waals surface area contributed by atoms with Crippen LogP contribution in [-0.2, 0) is 5.60 Å². The van der Waals surface area contributed by atoms with Crippen molar-refractivity contribution in [3.05, 3.63) is 29.8 Å². The molecule has 0 aliphatic rings. The number of aliphatic hydroxyl groups is 1. The quantitative estimate of drug-likeness (QED) is 0.780. The zero-order valence-corrected chi connectivity index (χ0v) is 9.53. The Kier molecular flexibility index (Phi) is 4.15. The standard InChI is InChI=1S/C13H20O2/c1-3-5-10-13(15,4-2)11-6-8-12(14)9-7-11/h6-9,14-15H,3-5,10H2,1-2H3. The smallest absolute Gasteiger partial charge is 0.115 e. The number of aromatic hydroxyl groups is 1. The molecule has 0 fully saturated rings. The van der Waals surface area contributed by atoms with Crippen molar-refractivity contribution in [1.29, 1.82) is 0 Å². The number of phenols is 1. The maximum atomic E-state index is 10.4. The summed E-state index contributed by atoms with van der Waals surface area (Å²) in [6.45, 7) is 4.11. The van der Waals surface area contributed by atoms with Crippen LogP contribution in [0, 0.1) is 0 Å². The maximum Gasteiger partial charge on any atom is 0.115 e. The third kappa shape index (κ3) is 2.96. The molecule has 0 aromatic heterocycles. The lowest BCUT2D eigenvalue weighted by molar-refractivity contribution is 0.0211. The molecule has 2 nitrogen and oxygen atoms in total. The molecule has 1 aromatic carbocycles. The van der Waals surface area contributed by atoms with Gasteiger partial charge in [0.15, 0.2) is 0 Å². The van der Waals surface area contributed by atoms with E-state index >= 15 is 0 Å². The molecule has 0 aliphatic carbocycles. The Morgan fingerprint density at radius 3 is 2.20 bits per heavy atom. The van der Waals surface area contributed by atoms with Gasteiger partial charge in [-0.2, -0.15) is 0 Å². The summed E-state index contributed by atoms with van der Waals surface area (Å²) in [5, 5.41) is 19.6. The van der Waals surface area contributed by atoms with E-state index in [1.165, 1.54) is 0 Å². The summed E-state index contributed by atoms with van der Waals surface area (Å²) in [4.78, 5) is 0. The van der Waals surface area contributed by atoms with Crippen molar-refractivity contribution >= 4 is 0 Å². The Morgan fingerprint density at radius 1 is 1.13 bits per heavy atom. The first-order valence-corrected chi connectivity index (χ1v) is 5.64. The average molecular weight is 208 g/mol. The zero-order chi connectivity index (χ0) is 11.3. The highest BCUT2D eigenvalue weighted by molar-refractivity contribution is 5.29. The minimum Gasteiger partial charge on any atom is -0.508 e. The van der Waals surface area contributed by atoms with Gasteiger partial charge < -0.3 is 10.2 Å². The topological polar surface area (TPSA) is 40.5 Å². The van der Waals surface area contributed by atoms with Crippen LogP contribution >= 0.6 is 0 Å². The highest BCUT2D eigenvalue weighted by atomic mass is 16.3. The summed E-state index contributed by atoms with van der Waals surface area (Å²) < 4.78 is 0. The monoisotopic (exact) mass is 208 g/mol. The van der Waals surface area contributed by atoms with Crippen LogP contribution in [0.2, 0.25) is 0 Å². The fourth-order valence-corrected chi connectivity index (χ4v) is 1.77. The van der Waals surface area contributed by atoms with Crippen LogP contribution in [0.4, 0.5) is 0 Å². The van der Waals surface area contributed by atoms with Gasteiger partial charge in [0.25, 0.3) is 0 Å². The molecule has 1 atom stereocenters. The van der Waals surface area contributed by atoms with Crippen molar-refractivity contribution in [2.75, 3.05) is 0 Å². The summed E-state index contributed by atoms with van der Waals surface area (Å²) in [7, 11) is 0. The molecular formula is C13H20O2. The van der Waals surface area contributed by atoms with E-state index in [1.807, 2.05) is 6.92 Å². The van der Waals surface area contributed by atoms with Gasteiger partial charge in [0, 0.05) is 0 Å². The van der Waals surface area contributed by atoms with Gasteiger partial charge in [0.1, 0.15) is 5.75 Å². The number of phenolic OH excluding ortho intramolecular Hbond substituents is 1.